The Morgan fingerprint density at radius 1 is 1.35 bits per heavy atom. The highest BCUT2D eigenvalue weighted by Gasteiger charge is 2.08. The number of rotatable bonds is 4. The van der Waals surface area contributed by atoms with Crippen molar-refractivity contribution in [3.63, 3.8) is 0 Å². The molecule has 0 unspecified atom stereocenters. The largest absolute Gasteiger partial charge is 0.398 e. The fourth-order valence-corrected chi connectivity index (χ4v) is 1.32. The molecule has 0 bridgehead atoms. The van der Waals surface area contributed by atoms with Crippen LogP contribution in [-0.4, -0.2) is 24.9 Å². The van der Waals surface area contributed by atoms with Gasteiger partial charge in [-0.2, -0.15) is 0 Å². The SMILES string of the molecule is CCNC(=O)CNC(=O)c1ccc(Cl)c(N)c1. The van der Waals surface area contributed by atoms with Crippen molar-refractivity contribution in [1.29, 1.82) is 0 Å². The second-order valence-corrected chi connectivity index (χ2v) is 3.78. The fourth-order valence-electron chi connectivity index (χ4n) is 1.21. The van der Waals surface area contributed by atoms with Crippen LogP contribution < -0.4 is 16.4 Å². The summed E-state index contributed by atoms with van der Waals surface area (Å²) in [6.45, 7) is 2.28. The molecule has 1 aromatic rings. The van der Waals surface area contributed by atoms with Gasteiger partial charge in [-0.05, 0) is 25.1 Å². The minimum absolute atomic E-state index is 0.0603. The molecule has 1 aromatic carbocycles. The Hall–Kier alpha value is -1.75. The number of carbonyl (C=O) groups is 2. The first-order valence-electron chi connectivity index (χ1n) is 5.14. The van der Waals surface area contributed by atoms with Gasteiger partial charge in [-0.3, -0.25) is 9.59 Å². The molecule has 0 fully saturated rings. The Morgan fingerprint density at radius 2 is 2.06 bits per heavy atom. The van der Waals surface area contributed by atoms with Gasteiger partial charge in [0, 0.05) is 12.1 Å². The van der Waals surface area contributed by atoms with E-state index in [1.807, 2.05) is 0 Å². The molecule has 1 rings (SSSR count). The number of hydrogen-bond acceptors (Lipinski definition) is 3. The van der Waals surface area contributed by atoms with Gasteiger partial charge in [-0.15, -0.1) is 0 Å². The summed E-state index contributed by atoms with van der Waals surface area (Å²) >= 11 is 5.73. The maximum absolute atomic E-state index is 11.6. The Bertz CT molecular complexity index is 435. The van der Waals surface area contributed by atoms with Crippen molar-refractivity contribution >= 4 is 29.1 Å². The summed E-state index contributed by atoms with van der Waals surface area (Å²) in [5.74, 6) is -0.595. The minimum Gasteiger partial charge on any atom is -0.398 e. The maximum atomic E-state index is 11.6. The lowest BCUT2D eigenvalue weighted by atomic mass is 10.2. The summed E-state index contributed by atoms with van der Waals surface area (Å²) < 4.78 is 0. The van der Waals surface area contributed by atoms with Crippen molar-refractivity contribution < 1.29 is 9.59 Å². The first-order valence-corrected chi connectivity index (χ1v) is 5.52. The summed E-state index contributed by atoms with van der Waals surface area (Å²) in [6, 6.07) is 4.55. The molecule has 0 heterocycles. The molecular formula is C11H14ClN3O2. The summed E-state index contributed by atoms with van der Waals surface area (Å²) in [5, 5.41) is 5.45. The molecule has 0 saturated carbocycles. The Kier molecular flexibility index (Phi) is 4.78. The van der Waals surface area contributed by atoms with Gasteiger partial charge >= 0.3 is 0 Å². The van der Waals surface area contributed by atoms with Crippen LogP contribution in [0.2, 0.25) is 5.02 Å². The number of likely N-dealkylation sites (N-methyl/N-ethyl adjacent to an activating group) is 1. The molecule has 0 atom stereocenters. The molecule has 0 aromatic heterocycles. The third-order valence-electron chi connectivity index (χ3n) is 2.04. The zero-order valence-electron chi connectivity index (χ0n) is 9.42. The predicted molar refractivity (Wildman–Crippen MR) is 66.9 cm³/mol. The third kappa shape index (κ3) is 3.96. The average Bonchev–Trinajstić information content (AvgIpc) is 2.30. The quantitative estimate of drug-likeness (QED) is 0.696. The smallest absolute Gasteiger partial charge is 0.251 e. The van der Waals surface area contributed by atoms with Crippen LogP contribution in [0.3, 0.4) is 0 Å². The standard InChI is InChI=1S/C11H14ClN3O2/c1-2-14-10(16)6-15-11(17)7-3-4-8(12)9(13)5-7/h3-5H,2,6,13H2,1H3,(H,14,16)(H,15,17). The molecule has 92 valence electrons. The molecule has 5 nitrogen and oxygen atoms in total. The Morgan fingerprint density at radius 3 is 2.65 bits per heavy atom. The van der Waals surface area contributed by atoms with Crippen LogP contribution >= 0.6 is 11.6 Å². The van der Waals surface area contributed by atoms with Crippen LogP contribution in [-0.2, 0) is 4.79 Å². The summed E-state index contributed by atoms with van der Waals surface area (Å²) in [4.78, 5) is 22.8. The van der Waals surface area contributed by atoms with Crippen molar-refractivity contribution in [2.75, 3.05) is 18.8 Å². The second-order valence-electron chi connectivity index (χ2n) is 3.37. The summed E-state index contributed by atoms with van der Waals surface area (Å²) in [6.07, 6.45) is 0. The number of halogens is 1. The zero-order chi connectivity index (χ0) is 12.8. The lowest BCUT2D eigenvalue weighted by Gasteiger charge is -2.06. The second kappa shape index (κ2) is 6.10. The van der Waals surface area contributed by atoms with Crippen LogP contribution in [0, 0.1) is 0 Å². The molecule has 17 heavy (non-hydrogen) atoms. The van der Waals surface area contributed by atoms with Crippen molar-refractivity contribution in [3.05, 3.63) is 28.8 Å². The number of benzene rings is 1. The maximum Gasteiger partial charge on any atom is 0.251 e. The van der Waals surface area contributed by atoms with E-state index in [4.69, 9.17) is 17.3 Å². The van der Waals surface area contributed by atoms with E-state index >= 15 is 0 Å². The number of nitrogen functional groups attached to an aromatic ring is 1. The van der Waals surface area contributed by atoms with E-state index < -0.39 is 0 Å². The van der Waals surface area contributed by atoms with Gasteiger partial charge in [0.05, 0.1) is 17.3 Å². The van der Waals surface area contributed by atoms with Crippen LogP contribution in [0.4, 0.5) is 5.69 Å². The molecule has 6 heteroatoms. The lowest BCUT2D eigenvalue weighted by Crippen LogP contribution is -2.36. The van der Waals surface area contributed by atoms with Gasteiger partial charge in [0.2, 0.25) is 5.91 Å². The van der Waals surface area contributed by atoms with E-state index in [0.29, 0.717) is 22.8 Å². The molecule has 0 aliphatic carbocycles. The van der Waals surface area contributed by atoms with E-state index in [0.717, 1.165) is 0 Å². The molecular weight excluding hydrogens is 242 g/mol. The topological polar surface area (TPSA) is 84.2 Å². The van der Waals surface area contributed by atoms with E-state index in [-0.39, 0.29) is 18.4 Å². The van der Waals surface area contributed by atoms with Crippen LogP contribution in [0.25, 0.3) is 0 Å². The molecule has 0 spiro atoms. The van der Waals surface area contributed by atoms with Gasteiger partial charge in [-0.25, -0.2) is 0 Å². The summed E-state index contributed by atoms with van der Waals surface area (Å²) in [7, 11) is 0. The van der Waals surface area contributed by atoms with E-state index in [1.54, 1.807) is 13.0 Å². The van der Waals surface area contributed by atoms with Gasteiger partial charge in [0.1, 0.15) is 0 Å². The highest BCUT2D eigenvalue weighted by atomic mass is 35.5. The zero-order valence-corrected chi connectivity index (χ0v) is 10.2. The highest BCUT2D eigenvalue weighted by Crippen LogP contribution is 2.19. The van der Waals surface area contributed by atoms with Crippen LogP contribution in [0.1, 0.15) is 17.3 Å². The van der Waals surface area contributed by atoms with Gasteiger partial charge < -0.3 is 16.4 Å². The number of nitrogens with one attached hydrogen (secondary N) is 2. The summed E-state index contributed by atoms with van der Waals surface area (Å²) in [5.41, 5.74) is 6.27. The minimum atomic E-state index is -0.361. The molecule has 2 amide bonds. The predicted octanol–water partition coefficient (Wildman–Crippen LogP) is 0.788. The van der Waals surface area contributed by atoms with E-state index in [1.165, 1.54) is 12.1 Å². The molecule has 0 aliphatic heterocycles. The Balaban J connectivity index is 2.58. The van der Waals surface area contributed by atoms with Crippen molar-refractivity contribution in [3.8, 4) is 0 Å². The normalized spacial score (nSPS) is 9.76. The number of hydrogen-bond donors (Lipinski definition) is 3. The van der Waals surface area contributed by atoms with Gasteiger partial charge in [0.25, 0.3) is 5.91 Å². The molecule has 0 radical (unpaired) electrons. The molecule has 0 saturated heterocycles. The molecule has 4 N–H and O–H groups in total. The highest BCUT2D eigenvalue weighted by molar-refractivity contribution is 6.33. The van der Waals surface area contributed by atoms with Crippen molar-refractivity contribution in [2.45, 2.75) is 6.92 Å². The number of nitrogens with two attached hydrogens (primary N) is 1. The van der Waals surface area contributed by atoms with Gasteiger partial charge in [0.15, 0.2) is 0 Å². The fraction of sp³-hybridized carbons (Fsp3) is 0.273. The van der Waals surface area contributed by atoms with Crippen molar-refractivity contribution in [1.82, 2.24) is 10.6 Å². The van der Waals surface area contributed by atoms with Crippen molar-refractivity contribution in [2.24, 2.45) is 0 Å². The lowest BCUT2D eigenvalue weighted by molar-refractivity contribution is -0.120. The van der Waals surface area contributed by atoms with Crippen LogP contribution in [0.5, 0.6) is 0 Å². The first kappa shape index (κ1) is 13.3. The van der Waals surface area contributed by atoms with Gasteiger partial charge in [-0.1, -0.05) is 11.6 Å². The first-order chi connectivity index (χ1) is 8.04. The Labute approximate surface area is 104 Å². The number of carbonyl (C=O) groups excluding carboxylic acids is 2. The number of amides is 2. The molecule has 0 aliphatic rings. The monoisotopic (exact) mass is 255 g/mol. The third-order valence-corrected chi connectivity index (χ3v) is 2.39. The van der Waals surface area contributed by atoms with E-state index in [9.17, 15) is 9.59 Å². The average molecular weight is 256 g/mol. The van der Waals surface area contributed by atoms with Crippen LogP contribution in [0.15, 0.2) is 18.2 Å². The van der Waals surface area contributed by atoms with E-state index in [2.05, 4.69) is 10.6 Å². The number of anilines is 1.